The van der Waals surface area contributed by atoms with Crippen LogP contribution in [0.4, 0.5) is 8.78 Å². The fraction of sp³-hybridized carbons (Fsp3) is 0.538. The SMILES string of the molecule is NC1CCCCCC1c1c(F)cccc1F. The highest BCUT2D eigenvalue weighted by atomic mass is 19.1. The minimum Gasteiger partial charge on any atom is -0.327 e. The van der Waals surface area contributed by atoms with E-state index in [-0.39, 0.29) is 17.5 Å². The maximum Gasteiger partial charge on any atom is 0.129 e. The van der Waals surface area contributed by atoms with E-state index in [0.717, 1.165) is 32.1 Å². The van der Waals surface area contributed by atoms with Crippen molar-refractivity contribution in [1.29, 1.82) is 0 Å². The minimum atomic E-state index is -0.456. The van der Waals surface area contributed by atoms with E-state index in [1.807, 2.05) is 0 Å². The Morgan fingerprint density at radius 2 is 1.62 bits per heavy atom. The zero-order valence-corrected chi connectivity index (χ0v) is 9.26. The monoisotopic (exact) mass is 225 g/mol. The van der Waals surface area contributed by atoms with E-state index in [9.17, 15) is 8.78 Å². The molecule has 0 amide bonds. The standard InChI is InChI=1S/C13H17F2N/c14-10-6-4-7-11(15)13(10)9-5-2-1-3-8-12(9)16/h4,6-7,9,12H,1-3,5,8,16H2. The average molecular weight is 225 g/mol. The normalized spacial score (nSPS) is 26.4. The summed E-state index contributed by atoms with van der Waals surface area (Å²) in [6.45, 7) is 0. The summed E-state index contributed by atoms with van der Waals surface area (Å²) in [5, 5.41) is 0. The molecule has 1 saturated carbocycles. The molecule has 0 radical (unpaired) electrons. The summed E-state index contributed by atoms with van der Waals surface area (Å²) in [6.07, 6.45) is 4.83. The van der Waals surface area contributed by atoms with Gasteiger partial charge in [-0.3, -0.25) is 0 Å². The van der Waals surface area contributed by atoms with E-state index < -0.39 is 11.6 Å². The van der Waals surface area contributed by atoms with Crippen molar-refractivity contribution >= 4 is 0 Å². The second-order valence-electron chi connectivity index (χ2n) is 4.54. The Morgan fingerprint density at radius 3 is 2.31 bits per heavy atom. The van der Waals surface area contributed by atoms with E-state index in [1.54, 1.807) is 0 Å². The summed E-state index contributed by atoms with van der Waals surface area (Å²) in [5.41, 5.74) is 6.21. The van der Waals surface area contributed by atoms with Crippen LogP contribution in [-0.4, -0.2) is 6.04 Å². The van der Waals surface area contributed by atoms with Gasteiger partial charge in [0.05, 0.1) is 0 Å². The summed E-state index contributed by atoms with van der Waals surface area (Å²) in [4.78, 5) is 0. The highest BCUT2D eigenvalue weighted by molar-refractivity contribution is 5.25. The molecule has 0 saturated heterocycles. The molecule has 2 atom stereocenters. The first-order chi connectivity index (χ1) is 7.70. The zero-order chi connectivity index (χ0) is 11.5. The number of nitrogens with two attached hydrogens (primary N) is 1. The van der Waals surface area contributed by atoms with Gasteiger partial charge in [0.15, 0.2) is 0 Å². The molecule has 1 nitrogen and oxygen atoms in total. The minimum absolute atomic E-state index is 0.117. The third kappa shape index (κ3) is 2.24. The van der Waals surface area contributed by atoms with E-state index in [2.05, 4.69) is 0 Å². The molecule has 2 unspecified atom stereocenters. The molecule has 1 fully saturated rings. The molecular formula is C13H17F2N. The lowest BCUT2D eigenvalue weighted by Crippen LogP contribution is -2.28. The molecule has 0 aliphatic heterocycles. The highest BCUT2D eigenvalue weighted by Gasteiger charge is 2.26. The van der Waals surface area contributed by atoms with Crippen LogP contribution in [0.5, 0.6) is 0 Å². The Bertz CT molecular complexity index is 345. The van der Waals surface area contributed by atoms with Gasteiger partial charge in [0.1, 0.15) is 11.6 Å². The van der Waals surface area contributed by atoms with Crippen LogP contribution in [0.25, 0.3) is 0 Å². The number of hydrogen-bond donors (Lipinski definition) is 1. The summed E-state index contributed by atoms with van der Waals surface area (Å²) >= 11 is 0. The first-order valence-electron chi connectivity index (χ1n) is 5.89. The molecule has 16 heavy (non-hydrogen) atoms. The van der Waals surface area contributed by atoms with Crippen molar-refractivity contribution in [1.82, 2.24) is 0 Å². The van der Waals surface area contributed by atoms with Crippen LogP contribution in [0, 0.1) is 11.6 Å². The Labute approximate surface area is 94.7 Å². The van der Waals surface area contributed by atoms with Gasteiger partial charge < -0.3 is 5.73 Å². The summed E-state index contributed by atoms with van der Waals surface area (Å²) in [6, 6.07) is 3.91. The van der Waals surface area contributed by atoms with Gasteiger partial charge in [0.25, 0.3) is 0 Å². The van der Waals surface area contributed by atoms with Crippen molar-refractivity contribution in [3.63, 3.8) is 0 Å². The second-order valence-corrected chi connectivity index (χ2v) is 4.54. The molecule has 1 aliphatic rings. The predicted molar refractivity (Wildman–Crippen MR) is 60.2 cm³/mol. The zero-order valence-electron chi connectivity index (χ0n) is 9.26. The van der Waals surface area contributed by atoms with Crippen LogP contribution in [0.15, 0.2) is 18.2 Å². The molecule has 88 valence electrons. The van der Waals surface area contributed by atoms with Crippen LogP contribution < -0.4 is 5.73 Å². The molecule has 1 aliphatic carbocycles. The topological polar surface area (TPSA) is 26.0 Å². The Kier molecular flexibility index (Phi) is 3.54. The number of benzene rings is 1. The number of rotatable bonds is 1. The molecule has 1 aromatic rings. The van der Waals surface area contributed by atoms with E-state index >= 15 is 0 Å². The smallest absolute Gasteiger partial charge is 0.129 e. The number of halogens is 2. The largest absolute Gasteiger partial charge is 0.327 e. The van der Waals surface area contributed by atoms with Crippen molar-refractivity contribution in [3.8, 4) is 0 Å². The summed E-state index contributed by atoms with van der Waals surface area (Å²) in [7, 11) is 0. The molecular weight excluding hydrogens is 208 g/mol. The van der Waals surface area contributed by atoms with Gasteiger partial charge in [-0.25, -0.2) is 8.78 Å². The maximum atomic E-state index is 13.6. The van der Waals surface area contributed by atoms with Gasteiger partial charge in [-0.2, -0.15) is 0 Å². The fourth-order valence-corrected chi connectivity index (χ4v) is 2.56. The molecule has 3 heteroatoms. The molecule has 2 N–H and O–H groups in total. The second kappa shape index (κ2) is 4.91. The van der Waals surface area contributed by atoms with Gasteiger partial charge in [0.2, 0.25) is 0 Å². The molecule has 0 heterocycles. The molecule has 2 rings (SSSR count). The van der Waals surface area contributed by atoms with Crippen molar-refractivity contribution in [2.45, 2.75) is 44.1 Å². The lowest BCUT2D eigenvalue weighted by atomic mass is 9.87. The molecule has 0 aromatic heterocycles. The third-order valence-electron chi connectivity index (χ3n) is 3.44. The lowest BCUT2D eigenvalue weighted by molar-refractivity contribution is 0.452. The number of hydrogen-bond acceptors (Lipinski definition) is 1. The summed E-state index contributed by atoms with van der Waals surface area (Å²) in [5.74, 6) is -1.08. The van der Waals surface area contributed by atoms with Crippen LogP contribution in [0.1, 0.15) is 43.6 Å². The van der Waals surface area contributed by atoms with Gasteiger partial charge in [0, 0.05) is 17.5 Å². The average Bonchev–Trinajstić information content (AvgIpc) is 2.44. The van der Waals surface area contributed by atoms with Crippen LogP contribution in [-0.2, 0) is 0 Å². The molecule has 1 aromatic carbocycles. The first-order valence-corrected chi connectivity index (χ1v) is 5.89. The first kappa shape index (κ1) is 11.5. The van der Waals surface area contributed by atoms with Gasteiger partial charge >= 0.3 is 0 Å². The Balaban J connectivity index is 2.33. The third-order valence-corrected chi connectivity index (χ3v) is 3.44. The van der Waals surface area contributed by atoms with Crippen molar-refractivity contribution in [2.24, 2.45) is 5.73 Å². The van der Waals surface area contributed by atoms with E-state index in [0.29, 0.717) is 0 Å². The van der Waals surface area contributed by atoms with Gasteiger partial charge in [-0.1, -0.05) is 25.3 Å². The predicted octanol–water partition coefficient (Wildman–Crippen LogP) is 3.34. The van der Waals surface area contributed by atoms with Crippen LogP contribution in [0.3, 0.4) is 0 Å². The van der Waals surface area contributed by atoms with Crippen LogP contribution >= 0.6 is 0 Å². The van der Waals surface area contributed by atoms with Gasteiger partial charge in [-0.05, 0) is 25.0 Å². The van der Waals surface area contributed by atoms with E-state index in [4.69, 9.17) is 5.73 Å². The molecule has 0 bridgehead atoms. The quantitative estimate of drug-likeness (QED) is 0.729. The van der Waals surface area contributed by atoms with E-state index in [1.165, 1.54) is 18.2 Å². The van der Waals surface area contributed by atoms with Crippen molar-refractivity contribution in [2.75, 3.05) is 0 Å². The highest BCUT2D eigenvalue weighted by Crippen LogP contribution is 2.33. The van der Waals surface area contributed by atoms with Crippen molar-refractivity contribution < 1.29 is 8.78 Å². The Hall–Kier alpha value is -0.960. The maximum absolute atomic E-state index is 13.6. The van der Waals surface area contributed by atoms with Crippen LogP contribution in [0.2, 0.25) is 0 Å². The van der Waals surface area contributed by atoms with Gasteiger partial charge in [-0.15, -0.1) is 0 Å². The summed E-state index contributed by atoms with van der Waals surface area (Å²) < 4.78 is 27.3. The lowest BCUT2D eigenvalue weighted by Gasteiger charge is -2.22. The van der Waals surface area contributed by atoms with Crippen molar-refractivity contribution in [3.05, 3.63) is 35.4 Å². The molecule has 0 spiro atoms. The Morgan fingerprint density at radius 1 is 1.00 bits per heavy atom. The fourth-order valence-electron chi connectivity index (χ4n) is 2.56.